The van der Waals surface area contributed by atoms with Crippen LogP contribution in [0.2, 0.25) is 0 Å². The molecule has 0 spiro atoms. The number of carbonyl (C=O) groups is 1. The summed E-state index contributed by atoms with van der Waals surface area (Å²) in [5.74, 6) is -2.41. The molecule has 1 aliphatic rings. The van der Waals surface area contributed by atoms with Crippen LogP contribution in [0.3, 0.4) is 0 Å². The number of nitrogens with zero attached hydrogens (tertiary/aromatic N) is 2. The largest absolute Gasteiger partial charge is 0.495 e. The van der Waals surface area contributed by atoms with Gasteiger partial charge in [-0.2, -0.15) is 0 Å². The topological polar surface area (TPSA) is 42.4 Å². The molecule has 1 saturated heterocycles. The zero-order valence-electron chi connectivity index (χ0n) is 10.9. The molecule has 0 radical (unpaired) electrons. The van der Waals surface area contributed by atoms with Crippen LogP contribution in [0.15, 0.2) is 12.3 Å². The fraction of sp³-hybridized carbons (Fsp3) is 0.538. The van der Waals surface area contributed by atoms with Gasteiger partial charge in [0.1, 0.15) is 5.75 Å². The van der Waals surface area contributed by atoms with Crippen molar-refractivity contribution in [3.63, 3.8) is 0 Å². The van der Waals surface area contributed by atoms with Crippen molar-refractivity contribution in [2.24, 2.45) is 0 Å². The van der Waals surface area contributed by atoms with E-state index in [2.05, 4.69) is 4.98 Å². The molecule has 19 heavy (non-hydrogen) atoms. The van der Waals surface area contributed by atoms with Gasteiger partial charge in [-0.3, -0.25) is 9.78 Å². The van der Waals surface area contributed by atoms with E-state index in [-0.39, 0.29) is 31.8 Å². The zero-order chi connectivity index (χ0) is 14.0. The van der Waals surface area contributed by atoms with Crippen LogP contribution in [0.5, 0.6) is 5.75 Å². The number of methoxy groups -OCH3 is 1. The highest BCUT2D eigenvalue weighted by atomic mass is 19.3. The summed E-state index contributed by atoms with van der Waals surface area (Å²) in [6, 6.07) is 1.59. The van der Waals surface area contributed by atoms with Gasteiger partial charge >= 0.3 is 0 Å². The van der Waals surface area contributed by atoms with Crippen molar-refractivity contribution >= 4 is 5.91 Å². The van der Waals surface area contributed by atoms with Crippen molar-refractivity contribution in [1.29, 1.82) is 0 Å². The number of halogens is 2. The molecule has 0 atom stereocenters. The van der Waals surface area contributed by atoms with Gasteiger partial charge in [-0.15, -0.1) is 0 Å². The van der Waals surface area contributed by atoms with Crippen LogP contribution in [0, 0.1) is 6.92 Å². The number of aryl methyl sites for hydroxylation is 1. The number of likely N-dealkylation sites (tertiary alicyclic amines) is 1. The molecule has 0 aliphatic carbocycles. The minimum Gasteiger partial charge on any atom is -0.495 e. The Morgan fingerprint density at radius 2 is 2.05 bits per heavy atom. The minimum atomic E-state index is -2.65. The average molecular weight is 270 g/mol. The number of aromatic nitrogens is 1. The average Bonchev–Trinajstić information content (AvgIpc) is 2.38. The first-order valence-corrected chi connectivity index (χ1v) is 6.11. The SMILES string of the molecule is COc1cc(C(=O)N2CCC(F)(F)CC2)cnc1C. The summed E-state index contributed by atoms with van der Waals surface area (Å²) in [7, 11) is 1.50. The van der Waals surface area contributed by atoms with E-state index in [0.29, 0.717) is 17.0 Å². The summed E-state index contributed by atoms with van der Waals surface area (Å²) in [6.45, 7) is 1.92. The van der Waals surface area contributed by atoms with E-state index in [4.69, 9.17) is 4.74 Å². The van der Waals surface area contributed by atoms with Crippen molar-refractivity contribution in [3.05, 3.63) is 23.5 Å². The quantitative estimate of drug-likeness (QED) is 0.828. The van der Waals surface area contributed by atoms with Gasteiger partial charge in [0.25, 0.3) is 11.8 Å². The second-order valence-electron chi connectivity index (χ2n) is 4.66. The van der Waals surface area contributed by atoms with E-state index >= 15 is 0 Å². The molecule has 2 rings (SSSR count). The van der Waals surface area contributed by atoms with Crippen LogP contribution in [0.1, 0.15) is 28.9 Å². The number of amides is 1. The first-order valence-electron chi connectivity index (χ1n) is 6.11. The van der Waals surface area contributed by atoms with Crippen molar-refractivity contribution in [2.45, 2.75) is 25.7 Å². The second kappa shape index (κ2) is 5.11. The Bertz CT molecular complexity index is 482. The molecule has 0 N–H and O–H groups in total. The summed E-state index contributed by atoms with van der Waals surface area (Å²) in [5, 5.41) is 0. The van der Waals surface area contributed by atoms with Crippen molar-refractivity contribution in [3.8, 4) is 5.75 Å². The van der Waals surface area contributed by atoms with Crippen LogP contribution in [-0.2, 0) is 0 Å². The Balaban J connectivity index is 2.12. The van der Waals surface area contributed by atoms with Crippen LogP contribution >= 0.6 is 0 Å². The number of hydrogen-bond acceptors (Lipinski definition) is 3. The van der Waals surface area contributed by atoms with E-state index in [1.54, 1.807) is 13.0 Å². The maximum atomic E-state index is 13.0. The summed E-state index contributed by atoms with van der Waals surface area (Å²) in [4.78, 5) is 17.7. The third-order valence-corrected chi connectivity index (χ3v) is 3.29. The van der Waals surface area contributed by atoms with Gasteiger partial charge in [0.2, 0.25) is 0 Å². The molecule has 104 valence electrons. The first-order chi connectivity index (χ1) is 8.93. The lowest BCUT2D eigenvalue weighted by molar-refractivity contribution is -0.0494. The van der Waals surface area contributed by atoms with Crippen molar-refractivity contribution in [2.75, 3.05) is 20.2 Å². The fourth-order valence-electron chi connectivity index (χ4n) is 2.06. The van der Waals surface area contributed by atoms with Gasteiger partial charge in [-0.05, 0) is 13.0 Å². The van der Waals surface area contributed by atoms with E-state index < -0.39 is 5.92 Å². The molecule has 0 unspecified atom stereocenters. The minimum absolute atomic E-state index is 0.0715. The van der Waals surface area contributed by atoms with Gasteiger partial charge in [0.05, 0.1) is 18.4 Å². The zero-order valence-corrected chi connectivity index (χ0v) is 10.9. The predicted molar refractivity (Wildman–Crippen MR) is 65.6 cm³/mol. The Hall–Kier alpha value is -1.72. The van der Waals surface area contributed by atoms with E-state index in [1.165, 1.54) is 18.2 Å². The third-order valence-electron chi connectivity index (χ3n) is 3.29. The fourth-order valence-corrected chi connectivity index (χ4v) is 2.06. The normalized spacial score (nSPS) is 18.2. The Morgan fingerprint density at radius 3 is 2.63 bits per heavy atom. The van der Waals surface area contributed by atoms with Crippen LogP contribution in [0.4, 0.5) is 8.78 Å². The Labute approximate surface area is 110 Å². The smallest absolute Gasteiger partial charge is 0.255 e. The number of rotatable bonds is 2. The van der Waals surface area contributed by atoms with Crippen molar-refractivity contribution in [1.82, 2.24) is 9.88 Å². The number of hydrogen-bond donors (Lipinski definition) is 0. The van der Waals surface area contributed by atoms with Crippen LogP contribution < -0.4 is 4.74 Å². The maximum Gasteiger partial charge on any atom is 0.255 e. The molecule has 1 fully saturated rings. The van der Waals surface area contributed by atoms with Gasteiger partial charge < -0.3 is 9.64 Å². The Kier molecular flexibility index (Phi) is 3.68. The molecule has 1 amide bonds. The van der Waals surface area contributed by atoms with Gasteiger partial charge in [0.15, 0.2) is 0 Å². The summed E-state index contributed by atoms with van der Waals surface area (Å²) in [6.07, 6.45) is 0.886. The number of ether oxygens (including phenoxy) is 1. The lowest BCUT2D eigenvalue weighted by Gasteiger charge is -2.31. The molecule has 1 aliphatic heterocycles. The van der Waals surface area contributed by atoms with Gasteiger partial charge in [-0.1, -0.05) is 0 Å². The number of alkyl halides is 2. The van der Waals surface area contributed by atoms with Crippen molar-refractivity contribution < 1.29 is 18.3 Å². The Morgan fingerprint density at radius 1 is 1.42 bits per heavy atom. The maximum absolute atomic E-state index is 13.0. The van der Waals surface area contributed by atoms with Crippen LogP contribution in [-0.4, -0.2) is 41.9 Å². The molecular weight excluding hydrogens is 254 g/mol. The summed E-state index contributed by atoms with van der Waals surface area (Å²) >= 11 is 0. The predicted octanol–water partition coefficient (Wildman–Crippen LogP) is 2.27. The summed E-state index contributed by atoms with van der Waals surface area (Å²) < 4.78 is 31.2. The molecule has 0 saturated carbocycles. The highest BCUT2D eigenvalue weighted by Crippen LogP contribution is 2.28. The van der Waals surface area contributed by atoms with Gasteiger partial charge in [-0.25, -0.2) is 8.78 Å². The van der Waals surface area contributed by atoms with E-state index in [1.807, 2.05) is 0 Å². The van der Waals surface area contributed by atoms with Gasteiger partial charge in [0, 0.05) is 32.1 Å². The first kappa shape index (κ1) is 13.7. The van der Waals surface area contributed by atoms with Crippen LogP contribution in [0.25, 0.3) is 0 Å². The molecule has 1 aromatic heterocycles. The molecule has 6 heteroatoms. The third kappa shape index (κ3) is 3.00. The number of piperidine rings is 1. The monoisotopic (exact) mass is 270 g/mol. The lowest BCUT2D eigenvalue weighted by atomic mass is 10.1. The van der Waals surface area contributed by atoms with E-state index in [0.717, 1.165) is 0 Å². The lowest BCUT2D eigenvalue weighted by Crippen LogP contribution is -2.42. The molecular formula is C13H16F2N2O2. The number of carbonyl (C=O) groups excluding carboxylic acids is 1. The highest BCUT2D eigenvalue weighted by Gasteiger charge is 2.35. The standard InChI is InChI=1S/C13H16F2N2O2/c1-9-11(19-2)7-10(8-16-9)12(18)17-5-3-13(14,15)4-6-17/h7-8H,3-6H2,1-2H3. The number of pyridine rings is 1. The molecule has 4 nitrogen and oxygen atoms in total. The second-order valence-corrected chi connectivity index (χ2v) is 4.66. The molecule has 1 aromatic rings. The molecule has 0 aromatic carbocycles. The molecule has 0 bridgehead atoms. The van der Waals surface area contributed by atoms with E-state index in [9.17, 15) is 13.6 Å². The summed E-state index contributed by atoms with van der Waals surface area (Å²) in [5.41, 5.74) is 1.05. The molecule has 2 heterocycles. The highest BCUT2D eigenvalue weighted by molar-refractivity contribution is 5.94.